The van der Waals surface area contributed by atoms with Gasteiger partial charge in [0.25, 0.3) is 0 Å². The van der Waals surface area contributed by atoms with E-state index in [1.807, 2.05) is 48.9 Å². The fraction of sp³-hybridized carbons (Fsp3) is 0.714. The van der Waals surface area contributed by atoms with E-state index < -0.39 is 0 Å². The molecular formula is C28H45BrN4O3. The molecular weight excluding hydrogens is 520 g/mol. The van der Waals surface area contributed by atoms with Gasteiger partial charge in [0.2, 0.25) is 0 Å². The monoisotopic (exact) mass is 564 g/mol. The Morgan fingerprint density at radius 2 is 1.69 bits per heavy atom. The molecule has 1 heterocycles. The van der Waals surface area contributed by atoms with Gasteiger partial charge in [-0.1, -0.05) is 105 Å². The van der Waals surface area contributed by atoms with Gasteiger partial charge in [0.15, 0.2) is 0 Å². The molecule has 36 heavy (non-hydrogen) atoms. The predicted octanol–water partition coefficient (Wildman–Crippen LogP) is 7.04. The summed E-state index contributed by atoms with van der Waals surface area (Å²) < 4.78 is 7.41. The van der Waals surface area contributed by atoms with E-state index in [9.17, 15) is 9.90 Å². The predicted molar refractivity (Wildman–Crippen MR) is 147 cm³/mol. The minimum atomic E-state index is -0.347. The van der Waals surface area contributed by atoms with Crippen molar-refractivity contribution in [3.8, 4) is 0 Å². The van der Waals surface area contributed by atoms with Gasteiger partial charge >= 0.3 is 5.97 Å². The van der Waals surface area contributed by atoms with Crippen molar-refractivity contribution in [3.63, 3.8) is 0 Å². The van der Waals surface area contributed by atoms with Gasteiger partial charge in [-0.05, 0) is 55.5 Å². The number of rotatable bonds is 19. The molecule has 4 atom stereocenters. The van der Waals surface area contributed by atoms with E-state index in [1.54, 1.807) is 0 Å². The minimum Gasteiger partial charge on any atom is -0.458 e. The molecule has 4 unspecified atom stereocenters. The van der Waals surface area contributed by atoms with Crippen LogP contribution in [0.4, 0.5) is 0 Å². The lowest BCUT2D eigenvalue weighted by Crippen LogP contribution is -2.26. The highest BCUT2D eigenvalue weighted by Gasteiger charge is 2.26. The fourth-order valence-corrected chi connectivity index (χ4v) is 5.29. The number of tetrazole rings is 1. The summed E-state index contributed by atoms with van der Waals surface area (Å²) in [4.78, 5) is 12.3. The van der Waals surface area contributed by atoms with Crippen LogP contribution in [-0.4, -0.2) is 42.2 Å². The smallest absolute Gasteiger partial charge is 0.306 e. The maximum Gasteiger partial charge on any atom is 0.306 e. The van der Waals surface area contributed by atoms with E-state index in [-0.39, 0.29) is 29.0 Å². The van der Waals surface area contributed by atoms with E-state index in [0.29, 0.717) is 12.8 Å². The Bertz CT molecular complexity index is 848. The Hall–Kier alpha value is -1.80. The molecule has 8 heteroatoms. The number of unbranched alkanes of at least 4 members (excludes halogenated alkanes) is 7. The number of aryl methyl sites for hydroxylation is 1. The first-order valence-electron chi connectivity index (χ1n) is 13.7. The first-order chi connectivity index (χ1) is 17.4. The van der Waals surface area contributed by atoms with Crippen molar-refractivity contribution in [1.82, 2.24) is 20.2 Å². The Balaban J connectivity index is 1.65. The number of aromatic nitrogens is 4. The molecule has 1 aromatic heterocycles. The fourth-order valence-electron chi connectivity index (χ4n) is 4.53. The highest BCUT2D eigenvalue weighted by atomic mass is 79.9. The molecule has 1 N–H and O–H groups in total. The van der Waals surface area contributed by atoms with E-state index in [1.165, 1.54) is 19.3 Å². The third kappa shape index (κ3) is 11.5. The van der Waals surface area contributed by atoms with Gasteiger partial charge in [-0.2, -0.15) is 0 Å². The molecule has 0 bridgehead atoms. The van der Waals surface area contributed by atoms with Crippen molar-refractivity contribution in [2.24, 2.45) is 0 Å². The summed E-state index contributed by atoms with van der Waals surface area (Å²) in [6.45, 7) is 6.02. The van der Waals surface area contributed by atoms with Crippen molar-refractivity contribution < 1.29 is 14.6 Å². The Kier molecular flexibility index (Phi) is 14.9. The SMILES string of the molecule is CCCCCCC(O)CC(C(Br)CCCCCCCC(=O)OC(C)c1ccccc1)n1nnnc1C. The van der Waals surface area contributed by atoms with Crippen molar-refractivity contribution in [1.29, 1.82) is 0 Å². The third-order valence-corrected chi connectivity index (χ3v) is 7.80. The Morgan fingerprint density at radius 3 is 2.39 bits per heavy atom. The largest absolute Gasteiger partial charge is 0.458 e. The molecule has 2 rings (SSSR count). The highest BCUT2D eigenvalue weighted by Crippen LogP contribution is 2.30. The zero-order valence-corrected chi connectivity index (χ0v) is 23.9. The van der Waals surface area contributed by atoms with Gasteiger partial charge in [-0.3, -0.25) is 4.79 Å². The van der Waals surface area contributed by atoms with Crippen molar-refractivity contribution in [2.45, 2.75) is 127 Å². The lowest BCUT2D eigenvalue weighted by molar-refractivity contribution is -0.148. The number of ether oxygens (including phenoxy) is 1. The highest BCUT2D eigenvalue weighted by molar-refractivity contribution is 9.09. The van der Waals surface area contributed by atoms with Crippen LogP contribution in [0.3, 0.4) is 0 Å². The Morgan fingerprint density at radius 1 is 1.03 bits per heavy atom. The number of halogens is 1. The molecule has 7 nitrogen and oxygen atoms in total. The summed E-state index contributed by atoms with van der Waals surface area (Å²) in [5.74, 6) is 0.649. The van der Waals surface area contributed by atoms with Crippen LogP contribution in [0.25, 0.3) is 0 Å². The second-order valence-corrected chi connectivity index (χ2v) is 11.0. The van der Waals surface area contributed by atoms with Gasteiger partial charge in [0.1, 0.15) is 11.9 Å². The maximum absolute atomic E-state index is 12.1. The van der Waals surface area contributed by atoms with Crippen LogP contribution in [0, 0.1) is 6.92 Å². The molecule has 1 aromatic carbocycles. The topological polar surface area (TPSA) is 90.1 Å². The molecule has 0 spiro atoms. The number of esters is 1. The van der Waals surface area contributed by atoms with Crippen LogP contribution in [0.1, 0.15) is 121 Å². The van der Waals surface area contributed by atoms with E-state index >= 15 is 0 Å². The first kappa shape index (κ1) is 30.4. The van der Waals surface area contributed by atoms with Crippen LogP contribution in [0.15, 0.2) is 30.3 Å². The third-order valence-electron chi connectivity index (χ3n) is 6.73. The first-order valence-corrected chi connectivity index (χ1v) is 14.6. The molecule has 0 aliphatic carbocycles. The average Bonchev–Trinajstić information content (AvgIpc) is 3.30. The van der Waals surface area contributed by atoms with Gasteiger partial charge < -0.3 is 9.84 Å². The van der Waals surface area contributed by atoms with Crippen molar-refractivity contribution in [3.05, 3.63) is 41.7 Å². The molecule has 202 valence electrons. The molecule has 0 radical (unpaired) electrons. The average molecular weight is 566 g/mol. The molecule has 0 saturated heterocycles. The summed E-state index contributed by atoms with van der Waals surface area (Å²) in [7, 11) is 0. The normalized spacial score (nSPS) is 14.8. The number of hydrogen-bond acceptors (Lipinski definition) is 6. The standard InChI is InChI=1S/C28H45BrN4O3/c1-4-5-6-13-18-25(34)21-27(33-23(3)30-31-32-33)26(29)19-14-8-7-9-15-20-28(35)36-22(2)24-16-11-10-12-17-24/h10-12,16-17,22,25-27,34H,4-9,13-15,18-21H2,1-3H3. The number of carbonyl (C=O) groups excluding carboxylic acids is 1. The number of aliphatic hydroxyl groups excluding tert-OH is 1. The van der Waals surface area contributed by atoms with Gasteiger partial charge in [0.05, 0.1) is 12.1 Å². The van der Waals surface area contributed by atoms with Crippen LogP contribution in [0.5, 0.6) is 0 Å². The quantitative estimate of drug-likeness (QED) is 0.112. The summed E-state index contributed by atoms with van der Waals surface area (Å²) in [6, 6.07) is 9.87. The Labute approximate surface area is 225 Å². The van der Waals surface area contributed by atoms with Gasteiger partial charge in [0, 0.05) is 11.2 Å². The second-order valence-electron chi connectivity index (χ2n) is 9.84. The summed E-state index contributed by atoms with van der Waals surface area (Å²) in [5, 5.41) is 22.7. The zero-order chi connectivity index (χ0) is 26.2. The molecule has 0 amide bonds. The lowest BCUT2D eigenvalue weighted by Gasteiger charge is -2.25. The molecule has 0 aliphatic heterocycles. The van der Waals surface area contributed by atoms with Gasteiger partial charge in [-0.15, -0.1) is 5.10 Å². The zero-order valence-electron chi connectivity index (χ0n) is 22.3. The number of benzene rings is 1. The van der Waals surface area contributed by atoms with Gasteiger partial charge in [-0.25, -0.2) is 4.68 Å². The second kappa shape index (κ2) is 17.6. The summed E-state index contributed by atoms with van der Waals surface area (Å²) in [5.41, 5.74) is 1.02. The van der Waals surface area contributed by atoms with Crippen LogP contribution < -0.4 is 0 Å². The number of nitrogens with zero attached hydrogens (tertiary/aromatic N) is 4. The molecule has 0 fully saturated rings. The molecule has 2 aromatic rings. The molecule has 0 saturated carbocycles. The molecule has 0 aliphatic rings. The van der Waals surface area contributed by atoms with E-state index in [0.717, 1.165) is 62.8 Å². The summed E-state index contributed by atoms with van der Waals surface area (Å²) >= 11 is 3.88. The van der Waals surface area contributed by atoms with Crippen molar-refractivity contribution >= 4 is 21.9 Å². The number of hydrogen-bond donors (Lipinski definition) is 1. The number of carbonyl (C=O) groups is 1. The van der Waals surface area contributed by atoms with Crippen LogP contribution in [0.2, 0.25) is 0 Å². The minimum absolute atomic E-state index is 0.0301. The van der Waals surface area contributed by atoms with E-state index in [2.05, 4.69) is 38.4 Å². The maximum atomic E-state index is 12.1. The van der Waals surface area contributed by atoms with Crippen molar-refractivity contribution in [2.75, 3.05) is 0 Å². The summed E-state index contributed by atoms with van der Waals surface area (Å²) in [6.07, 6.45) is 12.2. The van der Waals surface area contributed by atoms with Crippen LogP contribution >= 0.6 is 15.9 Å². The van der Waals surface area contributed by atoms with Crippen LogP contribution in [-0.2, 0) is 9.53 Å². The van der Waals surface area contributed by atoms with E-state index in [4.69, 9.17) is 4.74 Å². The lowest BCUT2D eigenvalue weighted by atomic mass is 9.98. The number of alkyl halides is 1. The number of aliphatic hydroxyl groups is 1.